The molecule has 6 nitrogen and oxygen atoms in total. The molecular weight excluding hydrogens is 634 g/mol. The first kappa shape index (κ1) is 28.9. The van der Waals surface area contributed by atoms with Gasteiger partial charge in [0.25, 0.3) is 0 Å². The van der Waals surface area contributed by atoms with Crippen LogP contribution in [-0.4, -0.2) is 21.6 Å². The highest BCUT2D eigenvalue weighted by Gasteiger charge is 2.33. The van der Waals surface area contributed by atoms with Crippen molar-refractivity contribution < 1.29 is 43.9 Å². The summed E-state index contributed by atoms with van der Waals surface area (Å²) in [6, 6.07) is 5.15. The maximum absolute atomic E-state index is 15.1. The Balaban J connectivity index is 1.45. The van der Waals surface area contributed by atoms with Gasteiger partial charge in [-0.3, -0.25) is 0 Å². The minimum Gasteiger partial charge on any atom is -0.341 e. The van der Waals surface area contributed by atoms with Gasteiger partial charge in [0.2, 0.25) is 11.6 Å². The Morgan fingerprint density at radius 2 is 0.717 bits per heavy atom. The van der Waals surface area contributed by atoms with E-state index in [1.165, 1.54) is 48.6 Å². The first-order chi connectivity index (χ1) is 21.9. The summed E-state index contributed by atoms with van der Waals surface area (Å²) < 4.78 is 145. The zero-order valence-corrected chi connectivity index (χ0v) is 22.3. The molecule has 0 spiro atoms. The highest BCUT2D eigenvalue weighted by atomic mass is 19.2. The van der Waals surface area contributed by atoms with Crippen LogP contribution in [0.25, 0.3) is 11.1 Å². The van der Waals surface area contributed by atoms with E-state index in [-0.39, 0.29) is 46.1 Å². The summed E-state index contributed by atoms with van der Waals surface area (Å²) in [4.78, 5) is 13.9. The third-order valence-electron chi connectivity index (χ3n) is 7.15. The molecule has 0 aliphatic carbocycles. The molecule has 0 amide bonds. The molecule has 16 heteroatoms. The van der Waals surface area contributed by atoms with Crippen LogP contribution in [0.3, 0.4) is 0 Å². The van der Waals surface area contributed by atoms with Gasteiger partial charge in [0.15, 0.2) is 46.5 Å². The highest BCUT2D eigenvalue weighted by Crippen LogP contribution is 2.39. The molecule has 8 bridgehead atoms. The van der Waals surface area contributed by atoms with Gasteiger partial charge in [-0.25, -0.2) is 53.9 Å². The van der Waals surface area contributed by atoms with Gasteiger partial charge in [0.05, 0.1) is 22.5 Å². The second-order valence-electron chi connectivity index (χ2n) is 9.89. The summed E-state index contributed by atoms with van der Waals surface area (Å²) in [6.45, 7) is 0. The maximum Gasteiger partial charge on any atom is 0.200 e. The molecular formula is C30H12F10N6. The number of aliphatic imine (C=N–C) groups is 2. The molecule has 0 fully saturated rings. The third kappa shape index (κ3) is 4.35. The molecule has 3 aliphatic rings. The number of anilines is 2. The van der Waals surface area contributed by atoms with Gasteiger partial charge in [-0.15, -0.1) is 0 Å². The summed E-state index contributed by atoms with van der Waals surface area (Å²) in [5.74, 6) is -21.7. The number of nitrogens with zero attached hydrogens (tertiary/aromatic N) is 2. The van der Waals surface area contributed by atoms with Gasteiger partial charge in [0, 0.05) is 22.5 Å². The average Bonchev–Trinajstić information content (AvgIpc) is 3.87. The van der Waals surface area contributed by atoms with E-state index in [1.807, 2.05) is 0 Å². The van der Waals surface area contributed by atoms with Crippen LogP contribution < -0.4 is 10.6 Å². The summed E-state index contributed by atoms with van der Waals surface area (Å²) in [7, 11) is 0. The van der Waals surface area contributed by atoms with Gasteiger partial charge in [-0.05, 0) is 48.6 Å². The number of halogens is 10. The van der Waals surface area contributed by atoms with E-state index in [1.54, 1.807) is 0 Å². The highest BCUT2D eigenvalue weighted by molar-refractivity contribution is 6.09. The molecule has 0 radical (unpaired) electrons. The second kappa shape index (κ2) is 10.4. The number of aromatic amines is 2. The molecule has 4 N–H and O–H groups in total. The molecule has 0 saturated carbocycles. The zero-order chi connectivity index (χ0) is 32.6. The predicted molar refractivity (Wildman–Crippen MR) is 146 cm³/mol. The SMILES string of the molecule is Fc1c(F)c(F)c(C2=C3C=CC(=N3)Nc3ccc([nH]3)C(c3c(F)c(F)c(F)c(F)c3F)=C3C=CC(=N3)Nc3ccc2[nH]3)c(F)c1F. The van der Waals surface area contributed by atoms with Crippen molar-refractivity contribution in [2.45, 2.75) is 0 Å². The fourth-order valence-corrected chi connectivity index (χ4v) is 5.10. The molecule has 0 saturated heterocycles. The molecule has 0 unspecified atom stereocenters. The standard InChI is InChI=1S/C30H12F10N6/c31-21-19(22(32)26(36)29(39)25(21)35)17-9-1-5-13(41-9)45-14-7-3-11(43-14)18(20-23(33)27(37)30(40)28(38)24(20)34)12-4-8-16(44-12)46-15-6-2-10(17)42-15/h1-8H,(H2,41,43,45)(H2,42,44,46). The summed E-state index contributed by atoms with van der Waals surface area (Å²) in [5, 5.41) is 5.53. The normalized spacial score (nSPS) is 15.4. The molecule has 2 aromatic carbocycles. The van der Waals surface area contributed by atoms with E-state index in [0.29, 0.717) is 0 Å². The van der Waals surface area contributed by atoms with Crippen LogP contribution in [0.15, 0.2) is 69.9 Å². The van der Waals surface area contributed by atoms with Crippen LogP contribution in [-0.2, 0) is 0 Å². The van der Waals surface area contributed by atoms with E-state index in [0.717, 1.165) is 0 Å². The van der Waals surface area contributed by atoms with E-state index in [4.69, 9.17) is 0 Å². The number of fused-ring (bicyclic) bond motifs is 6. The van der Waals surface area contributed by atoms with Crippen molar-refractivity contribution in [3.63, 3.8) is 0 Å². The van der Waals surface area contributed by atoms with E-state index < -0.39 is 80.4 Å². The van der Waals surface area contributed by atoms with E-state index in [2.05, 4.69) is 30.6 Å². The van der Waals surface area contributed by atoms with Crippen LogP contribution in [0, 0.1) is 58.2 Å². The third-order valence-corrected chi connectivity index (χ3v) is 7.15. The Labute approximate surface area is 249 Å². The molecule has 7 rings (SSSR count). The zero-order valence-electron chi connectivity index (χ0n) is 22.3. The van der Waals surface area contributed by atoms with Crippen LogP contribution >= 0.6 is 0 Å². The molecule has 46 heavy (non-hydrogen) atoms. The Kier molecular flexibility index (Phi) is 6.54. The van der Waals surface area contributed by atoms with Gasteiger partial charge in [-0.1, -0.05) is 0 Å². The average molecular weight is 646 g/mol. The number of nitrogens with one attached hydrogen (secondary N) is 4. The Hall–Kier alpha value is -5.80. The van der Waals surface area contributed by atoms with Crippen LogP contribution in [0.2, 0.25) is 0 Å². The van der Waals surface area contributed by atoms with E-state index in [9.17, 15) is 26.3 Å². The largest absolute Gasteiger partial charge is 0.341 e. The number of hydrogen-bond acceptors (Lipinski definition) is 4. The quantitative estimate of drug-likeness (QED) is 0.102. The molecule has 2 aromatic heterocycles. The smallest absolute Gasteiger partial charge is 0.200 e. The number of rotatable bonds is 2. The molecule has 0 atom stereocenters. The number of aromatic nitrogens is 2. The van der Waals surface area contributed by atoms with Crippen molar-refractivity contribution in [2.24, 2.45) is 9.98 Å². The lowest BCUT2D eigenvalue weighted by Crippen LogP contribution is -2.11. The number of benzene rings is 2. The summed E-state index contributed by atoms with van der Waals surface area (Å²) in [5.41, 5.74) is -4.27. The lowest BCUT2D eigenvalue weighted by Gasteiger charge is -2.13. The predicted octanol–water partition coefficient (Wildman–Crippen LogP) is 7.73. The van der Waals surface area contributed by atoms with E-state index >= 15 is 17.6 Å². The van der Waals surface area contributed by atoms with Gasteiger partial charge in [-0.2, -0.15) is 0 Å². The second-order valence-corrected chi connectivity index (χ2v) is 9.89. The lowest BCUT2D eigenvalue weighted by atomic mass is 9.98. The Morgan fingerprint density at radius 3 is 1.07 bits per heavy atom. The van der Waals surface area contributed by atoms with Crippen LogP contribution in [0.5, 0.6) is 0 Å². The minimum absolute atomic E-state index is 0.0340. The first-order valence-electron chi connectivity index (χ1n) is 12.9. The van der Waals surface area contributed by atoms with Gasteiger partial charge >= 0.3 is 0 Å². The van der Waals surface area contributed by atoms with Gasteiger partial charge < -0.3 is 20.6 Å². The maximum atomic E-state index is 15.1. The van der Waals surface area contributed by atoms with Crippen LogP contribution in [0.1, 0.15) is 22.5 Å². The van der Waals surface area contributed by atoms with Crippen molar-refractivity contribution in [3.8, 4) is 0 Å². The molecule has 232 valence electrons. The summed E-state index contributed by atoms with van der Waals surface area (Å²) >= 11 is 0. The van der Waals surface area contributed by atoms with Crippen molar-refractivity contribution in [1.29, 1.82) is 0 Å². The lowest BCUT2D eigenvalue weighted by molar-refractivity contribution is 0.376. The first-order valence-corrected chi connectivity index (χ1v) is 12.9. The number of hydrogen-bond donors (Lipinski definition) is 4. The number of allylic oxidation sites excluding steroid dienone is 2. The Bertz CT molecular complexity index is 2000. The molecule has 3 aliphatic heterocycles. The fraction of sp³-hybridized carbons (Fsp3) is 0. The molecule has 4 aromatic rings. The van der Waals surface area contributed by atoms with Crippen molar-refractivity contribution in [1.82, 2.24) is 9.97 Å². The monoisotopic (exact) mass is 646 g/mol. The minimum atomic E-state index is -2.35. The summed E-state index contributed by atoms with van der Waals surface area (Å²) in [6.07, 6.45) is 5.04. The topological polar surface area (TPSA) is 80.4 Å². The molecule has 5 heterocycles. The Morgan fingerprint density at radius 1 is 0.391 bits per heavy atom. The van der Waals surface area contributed by atoms with Crippen molar-refractivity contribution in [2.75, 3.05) is 10.6 Å². The number of H-pyrrole nitrogens is 2. The number of amidine groups is 2. The fourth-order valence-electron chi connectivity index (χ4n) is 5.10. The van der Waals surface area contributed by atoms with Crippen LogP contribution in [0.4, 0.5) is 55.5 Å². The van der Waals surface area contributed by atoms with Crippen molar-refractivity contribution in [3.05, 3.63) is 141 Å². The van der Waals surface area contributed by atoms with Gasteiger partial charge in [0.1, 0.15) is 23.3 Å². The van der Waals surface area contributed by atoms with Crippen molar-refractivity contribution >= 4 is 34.5 Å².